The summed E-state index contributed by atoms with van der Waals surface area (Å²) in [6.07, 6.45) is 7.78. The fourth-order valence-corrected chi connectivity index (χ4v) is 4.07. The second-order valence-corrected chi connectivity index (χ2v) is 7.34. The van der Waals surface area contributed by atoms with Crippen LogP contribution >= 0.6 is 0 Å². The topological polar surface area (TPSA) is 55.6 Å². The summed E-state index contributed by atoms with van der Waals surface area (Å²) in [5.74, 6) is -0.291. The zero-order valence-corrected chi connectivity index (χ0v) is 14.6. The molecule has 3 rings (SSSR count). The molecule has 0 fully saturated rings. The zero-order chi connectivity index (χ0) is 17.3. The van der Waals surface area contributed by atoms with Gasteiger partial charge in [0.15, 0.2) is 0 Å². The van der Waals surface area contributed by atoms with Gasteiger partial charge in [-0.3, -0.25) is 4.39 Å². The van der Waals surface area contributed by atoms with Gasteiger partial charge in [0.2, 0.25) is 0 Å². The molecule has 0 amide bonds. The van der Waals surface area contributed by atoms with Gasteiger partial charge in [0, 0.05) is 37.3 Å². The van der Waals surface area contributed by atoms with Crippen molar-refractivity contribution < 1.29 is 13.9 Å². The maximum absolute atomic E-state index is 12.6. The maximum atomic E-state index is 12.6. The molecule has 0 saturated carbocycles. The number of ether oxygens (including phenoxy) is 1. The van der Waals surface area contributed by atoms with Crippen LogP contribution in [0.5, 0.6) is 0 Å². The molecule has 2 aliphatic heterocycles. The lowest BCUT2D eigenvalue weighted by Crippen LogP contribution is -2.44. The van der Waals surface area contributed by atoms with Crippen LogP contribution in [0.2, 0.25) is 0 Å². The molecule has 2 atom stereocenters. The van der Waals surface area contributed by atoms with Crippen LogP contribution in [0, 0.1) is 0 Å². The van der Waals surface area contributed by atoms with E-state index in [0.29, 0.717) is 19.3 Å². The van der Waals surface area contributed by atoms with Crippen LogP contribution < -0.4 is 5.73 Å². The Bertz CT molecular complexity index is 621. The lowest BCUT2D eigenvalue weighted by atomic mass is 9.75. The Kier molecular flexibility index (Phi) is 4.81. The summed E-state index contributed by atoms with van der Waals surface area (Å²) >= 11 is 0. The number of rotatable bonds is 5. The average Bonchev–Trinajstić information content (AvgIpc) is 2.50. The van der Waals surface area contributed by atoms with Crippen molar-refractivity contribution in [3.63, 3.8) is 0 Å². The van der Waals surface area contributed by atoms with Crippen LogP contribution in [0.25, 0.3) is 0 Å². The monoisotopic (exact) mass is 334 g/mol. The third kappa shape index (κ3) is 3.27. The molecule has 0 aromatic rings. The van der Waals surface area contributed by atoms with E-state index in [4.69, 9.17) is 10.5 Å². The van der Waals surface area contributed by atoms with Crippen molar-refractivity contribution in [1.29, 1.82) is 0 Å². The van der Waals surface area contributed by atoms with Gasteiger partial charge in [-0.1, -0.05) is 0 Å². The van der Waals surface area contributed by atoms with Gasteiger partial charge in [0.25, 0.3) is 0 Å². The molecule has 24 heavy (non-hydrogen) atoms. The molecule has 5 heteroatoms. The lowest BCUT2D eigenvalue weighted by Gasteiger charge is -2.45. The van der Waals surface area contributed by atoms with Gasteiger partial charge < -0.3 is 15.4 Å². The molecule has 4 nitrogen and oxygen atoms in total. The van der Waals surface area contributed by atoms with Gasteiger partial charge in [-0.2, -0.15) is 0 Å². The SMILES string of the molecule is CC(N)CC1=CC(=O)OC2(C)CC3=C(C=C12)CCCN3CCCF. The lowest BCUT2D eigenvalue weighted by molar-refractivity contribution is -0.150. The van der Waals surface area contributed by atoms with Crippen molar-refractivity contribution in [2.24, 2.45) is 5.73 Å². The van der Waals surface area contributed by atoms with Crippen LogP contribution in [0.1, 0.15) is 46.0 Å². The molecule has 132 valence electrons. The Balaban J connectivity index is 1.96. The van der Waals surface area contributed by atoms with Gasteiger partial charge in [0.1, 0.15) is 5.60 Å². The molecule has 2 unspecified atom stereocenters. The Morgan fingerprint density at radius 3 is 2.96 bits per heavy atom. The van der Waals surface area contributed by atoms with E-state index < -0.39 is 5.60 Å². The van der Waals surface area contributed by atoms with Gasteiger partial charge in [-0.05, 0) is 62.3 Å². The quantitative estimate of drug-likeness (QED) is 0.785. The minimum Gasteiger partial charge on any atom is -0.451 e. The highest BCUT2D eigenvalue weighted by molar-refractivity contribution is 5.87. The van der Waals surface area contributed by atoms with Crippen LogP contribution in [-0.2, 0) is 9.53 Å². The highest BCUT2D eigenvalue weighted by atomic mass is 19.1. The first-order valence-corrected chi connectivity index (χ1v) is 8.87. The van der Waals surface area contributed by atoms with E-state index in [0.717, 1.165) is 37.1 Å². The number of nitrogens with two attached hydrogens (primary N) is 1. The van der Waals surface area contributed by atoms with Crippen molar-refractivity contribution in [3.8, 4) is 0 Å². The van der Waals surface area contributed by atoms with E-state index in [1.807, 2.05) is 13.8 Å². The number of hydrogen-bond acceptors (Lipinski definition) is 4. The normalized spacial score (nSPS) is 27.8. The number of carbonyl (C=O) groups excluding carboxylic acids is 1. The molecule has 0 spiro atoms. The summed E-state index contributed by atoms with van der Waals surface area (Å²) in [6, 6.07) is -0.00455. The number of nitrogens with zero attached hydrogens (tertiary/aromatic N) is 1. The van der Waals surface area contributed by atoms with Crippen molar-refractivity contribution in [2.75, 3.05) is 19.8 Å². The average molecular weight is 334 g/mol. The van der Waals surface area contributed by atoms with E-state index >= 15 is 0 Å². The Labute approximate surface area is 143 Å². The highest BCUT2D eigenvalue weighted by Crippen LogP contribution is 2.45. The first-order chi connectivity index (χ1) is 11.4. The van der Waals surface area contributed by atoms with Crippen LogP contribution in [-0.4, -0.2) is 42.3 Å². The fraction of sp³-hybridized carbons (Fsp3) is 0.632. The van der Waals surface area contributed by atoms with E-state index in [1.165, 1.54) is 11.3 Å². The maximum Gasteiger partial charge on any atom is 0.331 e. The van der Waals surface area contributed by atoms with Crippen molar-refractivity contribution in [2.45, 2.75) is 57.6 Å². The molecule has 0 saturated heterocycles. The third-order valence-corrected chi connectivity index (χ3v) is 5.09. The summed E-state index contributed by atoms with van der Waals surface area (Å²) < 4.78 is 18.3. The summed E-state index contributed by atoms with van der Waals surface area (Å²) in [5.41, 5.74) is 9.94. The smallest absolute Gasteiger partial charge is 0.331 e. The summed E-state index contributed by atoms with van der Waals surface area (Å²) in [6.45, 7) is 5.31. The second kappa shape index (κ2) is 6.71. The van der Waals surface area contributed by atoms with E-state index in [9.17, 15) is 9.18 Å². The summed E-state index contributed by atoms with van der Waals surface area (Å²) in [7, 11) is 0. The number of fused-ring (bicyclic) bond motifs is 1. The van der Waals surface area contributed by atoms with Gasteiger partial charge in [-0.15, -0.1) is 0 Å². The van der Waals surface area contributed by atoms with E-state index in [-0.39, 0.29) is 18.7 Å². The summed E-state index contributed by atoms with van der Waals surface area (Å²) in [5, 5.41) is 0. The predicted octanol–water partition coefficient (Wildman–Crippen LogP) is 3.01. The number of hydrogen-bond donors (Lipinski definition) is 1. The van der Waals surface area contributed by atoms with Crippen LogP contribution in [0.15, 0.2) is 34.6 Å². The molecule has 2 N–H and O–H groups in total. The minimum absolute atomic E-state index is 0.00455. The highest BCUT2D eigenvalue weighted by Gasteiger charge is 2.43. The fourth-order valence-electron chi connectivity index (χ4n) is 4.07. The molecular weight excluding hydrogens is 307 g/mol. The molecule has 0 aromatic heterocycles. The molecule has 1 aliphatic carbocycles. The molecule has 0 bridgehead atoms. The van der Waals surface area contributed by atoms with Crippen molar-refractivity contribution >= 4 is 5.97 Å². The van der Waals surface area contributed by atoms with Gasteiger partial charge >= 0.3 is 5.97 Å². The second-order valence-electron chi connectivity index (χ2n) is 7.34. The number of alkyl halides is 1. The standard InChI is InChI=1S/C19H27FN2O2/c1-13(21)9-15-11-18(23)24-19(2)12-17-14(10-16(15)19)5-3-7-22(17)8-4-6-20/h10-11,13H,3-9,12,21H2,1-2H3. The van der Waals surface area contributed by atoms with E-state index in [1.54, 1.807) is 6.08 Å². The van der Waals surface area contributed by atoms with Gasteiger partial charge in [0.05, 0.1) is 6.67 Å². The largest absolute Gasteiger partial charge is 0.451 e. The number of carbonyl (C=O) groups is 1. The predicted molar refractivity (Wildman–Crippen MR) is 92.0 cm³/mol. The number of esters is 1. The first kappa shape index (κ1) is 17.2. The van der Waals surface area contributed by atoms with Crippen LogP contribution in [0.4, 0.5) is 4.39 Å². The molecule has 0 radical (unpaired) electrons. The number of allylic oxidation sites excluding steroid dienone is 2. The van der Waals surface area contributed by atoms with Crippen molar-refractivity contribution in [1.82, 2.24) is 4.90 Å². The molecular formula is C19H27FN2O2. The van der Waals surface area contributed by atoms with Crippen LogP contribution in [0.3, 0.4) is 0 Å². The third-order valence-electron chi connectivity index (χ3n) is 5.09. The zero-order valence-electron chi connectivity index (χ0n) is 14.6. The minimum atomic E-state index is -0.639. The first-order valence-electron chi connectivity index (χ1n) is 8.87. The summed E-state index contributed by atoms with van der Waals surface area (Å²) in [4.78, 5) is 14.4. The molecule has 3 aliphatic rings. The molecule has 2 heterocycles. The van der Waals surface area contributed by atoms with Crippen molar-refractivity contribution in [3.05, 3.63) is 34.6 Å². The Morgan fingerprint density at radius 1 is 1.46 bits per heavy atom. The molecule has 0 aromatic carbocycles. The van der Waals surface area contributed by atoms with Gasteiger partial charge in [-0.25, -0.2) is 4.79 Å². The Morgan fingerprint density at radius 2 is 2.25 bits per heavy atom. The van der Waals surface area contributed by atoms with E-state index in [2.05, 4.69) is 11.0 Å². The number of halogens is 1. The Hall–Kier alpha value is -1.62.